The molecule has 0 aliphatic carbocycles. The van der Waals surface area contributed by atoms with Crippen LogP contribution in [0.4, 0.5) is 4.79 Å². The maximum atomic E-state index is 9.26. The average molecular weight is 107 g/mol. The van der Waals surface area contributed by atoms with Gasteiger partial charge in [0, 0.05) is 7.05 Å². The summed E-state index contributed by atoms with van der Waals surface area (Å²) in [5, 5.41) is 9.56. The smallest absolute Gasteiger partial charge is 0.404 e. The van der Waals surface area contributed by atoms with Crippen molar-refractivity contribution in [3.63, 3.8) is 0 Å². The second-order valence-corrected chi connectivity index (χ2v) is 0.555. The van der Waals surface area contributed by atoms with E-state index in [1.54, 1.807) is 0 Å². The molecule has 0 radical (unpaired) electrons. The average Bonchev–Trinajstić information content (AvgIpc) is 1.38. The molecule has 38 valence electrons. The molecular formula is C2H9NO2Si. The summed E-state index contributed by atoms with van der Waals surface area (Å²) in [6, 6.07) is 0. The molecule has 0 saturated carbocycles. The first kappa shape index (κ1) is 9.09. The Balaban J connectivity index is 0. The lowest BCUT2D eigenvalue weighted by Gasteiger charge is -1.78. The molecule has 0 heterocycles. The van der Waals surface area contributed by atoms with Gasteiger partial charge >= 0.3 is 6.09 Å². The number of hydrogen-bond donors (Lipinski definition) is 2. The summed E-state index contributed by atoms with van der Waals surface area (Å²) < 4.78 is 0. The van der Waals surface area contributed by atoms with Gasteiger partial charge in [0.05, 0.1) is 0 Å². The van der Waals surface area contributed by atoms with Crippen LogP contribution in [0.3, 0.4) is 0 Å². The number of amides is 1. The van der Waals surface area contributed by atoms with E-state index in [4.69, 9.17) is 5.11 Å². The largest absolute Gasteiger partial charge is 0.465 e. The number of rotatable bonds is 0. The standard InChI is InChI=1S/C2H5NO2.H4Si/c1-3-2(4)5;/h3H,1H3,(H,4,5);1H4. The van der Waals surface area contributed by atoms with Crippen LogP contribution in [0.25, 0.3) is 0 Å². The molecule has 0 atom stereocenters. The van der Waals surface area contributed by atoms with Crippen molar-refractivity contribution in [1.29, 1.82) is 0 Å². The van der Waals surface area contributed by atoms with Crippen molar-refractivity contribution < 1.29 is 9.90 Å². The molecule has 3 nitrogen and oxygen atoms in total. The fourth-order valence-electron chi connectivity index (χ4n) is 0. The highest BCUT2D eigenvalue weighted by Gasteiger charge is 1.76. The zero-order chi connectivity index (χ0) is 4.28. The molecule has 0 spiro atoms. The zero-order valence-electron chi connectivity index (χ0n) is 2.86. The molecule has 2 N–H and O–H groups in total. The fraction of sp³-hybridized carbons (Fsp3) is 0.500. The minimum Gasteiger partial charge on any atom is -0.465 e. The Hall–Kier alpha value is -0.513. The second-order valence-electron chi connectivity index (χ2n) is 0.555. The first-order valence-electron chi connectivity index (χ1n) is 1.18. The molecule has 0 aliphatic rings. The van der Waals surface area contributed by atoms with Gasteiger partial charge in [-0.2, -0.15) is 0 Å². The van der Waals surface area contributed by atoms with Gasteiger partial charge in [-0.05, 0) is 11.0 Å². The van der Waals surface area contributed by atoms with E-state index < -0.39 is 6.09 Å². The number of carboxylic acid groups (broad SMARTS) is 1. The van der Waals surface area contributed by atoms with Gasteiger partial charge in [-0.1, -0.05) is 0 Å². The van der Waals surface area contributed by atoms with E-state index >= 15 is 0 Å². The van der Waals surface area contributed by atoms with Crippen LogP contribution in [0.15, 0.2) is 0 Å². The van der Waals surface area contributed by atoms with Crippen molar-refractivity contribution >= 4 is 17.1 Å². The molecule has 0 aromatic heterocycles. The van der Waals surface area contributed by atoms with E-state index in [1.165, 1.54) is 7.05 Å². The highest BCUT2D eigenvalue weighted by molar-refractivity contribution is 5.75. The quantitative estimate of drug-likeness (QED) is 0.367. The second kappa shape index (κ2) is 4.49. The topological polar surface area (TPSA) is 49.3 Å². The number of nitrogens with one attached hydrogen (secondary N) is 1. The van der Waals surface area contributed by atoms with E-state index in [2.05, 4.69) is 0 Å². The van der Waals surface area contributed by atoms with Crippen molar-refractivity contribution in [2.24, 2.45) is 0 Å². The molecule has 4 heteroatoms. The number of carbonyl (C=O) groups is 1. The van der Waals surface area contributed by atoms with Gasteiger partial charge in [-0.15, -0.1) is 0 Å². The van der Waals surface area contributed by atoms with Crippen molar-refractivity contribution in [2.75, 3.05) is 7.05 Å². The summed E-state index contributed by atoms with van der Waals surface area (Å²) in [6.07, 6.45) is -0.995. The SMILES string of the molecule is CNC(=O)O.[SiH4]. The van der Waals surface area contributed by atoms with E-state index in [0.29, 0.717) is 0 Å². The van der Waals surface area contributed by atoms with Gasteiger partial charge in [0.1, 0.15) is 0 Å². The maximum Gasteiger partial charge on any atom is 0.404 e. The summed E-state index contributed by atoms with van der Waals surface area (Å²) in [5.41, 5.74) is 0. The van der Waals surface area contributed by atoms with Crippen molar-refractivity contribution in [3.8, 4) is 0 Å². The molecule has 0 aromatic carbocycles. The Morgan fingerprint density at radius 3 is 2.00 bits per heavy atom. The highest BCUT2D eigenvalue weighted by atomic mass is 28.1. The predicted molar refractivity (Wildman–Crippen MR) is 28.4 cm³/mol. The summed E-state index contributed by atoms with van der Waals surface area (Å²) in [4.78, 5) is 9.26. The van der Waals surface area contributed by atoms with Gasteiger partial charge < -0.3 is 10.4 Å². The molecule has 0 unspecified atom stereocenters. The minimum absolute atomic E-state index is 0. The lowest BCUT2D eigenvalue weighted by molar-refractivity contribution is 0.197. The van der Waals surface area contributed by atoms with Gasteiger partial charge in [0.15, 0.2) is 0 Å². The molecule has 0 saturated heterocycles. The first-order valence-corrected chi connectivity index (χ1v) is 1.18. The van der Waals surface area contributed by atoms with Crippen LogP contribution in [-0.4, -0.2) is 29.2 Å². The zero-order valence-corrected chi connectivity index (χ0v) is 2.86. The van der Waals surface area contributed by atoms with Crippen LogP contribution in [0.2, 0.25) is 0 Å². The van der Waals surface area contributed by atoms with Gasteiger partial charge in [0.2, 0.25) is 0 Å². The Bertz CT molecular complexity index is 46.8. The fourth-order valence-corrected chi connectivity index (χ4v) is 0. The van der Waals surface area contributed by atoms with Gasteiger partial charge in [-0.3, -0.25) is 0 Å². The maximum absolute atomic E-state index is 9.26. The Kier molecular flexibility index (Phi) is 6.79. The first-order chi connectivity index (χ1) is 2.27. The minimum atomic E-state index is -0.995. The third-order valence-corrected chi connectivity index (χ3v) is 0.214. The summed E-state index contributed by atoms with van der Waals surface area (Å²) in [5.74, 6) is 0. The molecule has 0 rings (SSSR count). The van der Waals surface area contributed by atoms with Crippen LogP contribution in [0.5, 0.6) is 0 Å². The Morgan fingerprint density at radius 1 is 1.83 bits per heavy atom. The Morgan fingerprint density at radius 2 is 2.00 bits per heavy atom. The van der Waals surface area contributed by atoms with E-state index in [-0.39, 0.29) is 11.0 Å². The predicted octanol–water partition coefficient (Wildman–Crippen LogP) is -1.57. The molecule has 0 bridgehead atoms. The monoisotopic (exact) mass is 107 g/mol. The van der Waals surface area contributed by atoms with Crippen molar-refractivity contribution in [2.45, 2.75) is 0 Å². The van der Waals surface area contributed by atoms with Crippen molar-refractivity contribution in [3.05, 3.63) is 0 Å². The molecule has 6 heavy (non-hydrogen) atoms. The van der Waals surface area contributed by atoms with E-state index in [0.717, 1.165) is 0 Å². The summed E-state index contributed by atoms with van der Waals surface area (Å²) >= 11 is 0. The highest BCUT2D eigenvalue weighted by Crippen LogP contribution is 1.45. The van der Waals surface area contributed by atoms with Crippen LogP contribution >= 0.6 is 0 Å². The third kappa shape index (κ3) is 9.75. The Labute approximate surface area is 40.4 Å². The summed E-state index contributed by atoms with van der Waals surface area (Å²) in [7, 11) is 1.35. The van der Waals surface area contributed by atoms with E-state index in [9.17, 15) is 4.79 Å². The third-order valence-electron chi connectivity index (χ3n) is 0.214. The van der Waals surface area contributed by atoms with Gasteiger partial charge in [0.25, 0.3) is 0 Å². The lowest BCUT2D eigenvalue weighted by Crippen LogP contribution is -2.13. The van der Waals surface area contributed by atoms with Crippen LogP contribution < -0.4 is 5.32 Å². The lowest BCUT2D eigenvalue weighted by atomic mass is 11.1. The van der Waals surface area contributed by atoms with Gasteiger partial charge in [-0.25, -0.2) is 4.79 Å². The molecule has 1 amide bonds. The molecule has 0 aromatic rings. The molecule has 0 aliphatic heterocycles. The van der Waals surface area contributed by atoms with Crippen LogP contribution in [0.1, 0.15) is 0 Å². The van der Waals surface area contributed by atoms with Crippen LogP contribution in [0, 0.1) is 0 Å². The summed E-state index contributed by atoms with van der Waals surface area (Å²) in [6.45, 7) is 0. The number of hydrogen-bond acceptors (Lipinski definition) is 1. The van der Waals surface area contributed by atoms with E-state index in [1.807, 2.05) is 5.32 Å². The van der Waals surface area contributed by atoms with Crippen molar-refractivity contribution in [1.82, 2.24) is 5.32 Å². The molecule has 0 fully saturated rings. The normalized spacial score (nSPS) is 5.50. The van der Waals surface area contributed by atoms with Crippen LogP contribution in [-0.2, 0) is 0 Å². The molecular weight excluding hydrogens is 98.1 g/mol.